The van der Waals surface area contributed by atoms with Crippen LogP contribution < -0.4 is 0 Å². The lowest BCUT2D eigenvalue weighted by atomic mass is 10.0. The smallest absolute Gasteiger partial charge is 0.418 e. The van der Waals surface area contributed by atoms with Gasteiger partial charge in [0.15, 0.2) is 0 Å². The average molecular weight is 271 g/mol. The van der Waals surface area contributed by atoms with Crippen molar-refractivity contribution in [2.45, 2.75) is 57.5 Å². The fraction of sp³-hybridized carbons (Fsp3) is 0.643. The number of nitrogens with zero attached hydrogens (tertiary/aromatic N) is 1. The molecule has 0 aromatic carbocycles. The topological polar surface area (TPSA) is 31.2 Å². The van der Waals surface area contributed by atoms with E-state index < -0.39 is 17.6 Å². The second-order valence-corrected chi connectivity index (χ2v) is 6.08. The molecule has 1 fully saturated rings. The molecule has 1 unspecified atom stereocenters. The molecule has 1 heterocycles. The molecule has 0 radical (unpaired) electrons. The van der Waals surface area contributed by atoms with Gasteiger partial charge in [0.1, 0.15) is 5.60 Å². The van der Waals surface area contributed by atoms with Gasteiger partial charge in [-0.3, -0.25) is 4.57 Å². The van der Waals surface area contributed by atoms with Gasteiger partial charge in [0, 0.05) is 30.7 Å². The van der Waals surface area contributed by atoms with Gasteiger partial charge in [-0.05, 0) is 39.3 Å². The van der Waals surface area contributed by atoms with Gasteiger partial charge in [-0.15, -0.1) is 0 Å². The molecule has 2 rings (SSSR count). The minimum absolute atomic E-state index is 0.114. The zero-order valence-electron chi connectivity index (χ0n) is 11.5. The summed E-state index contributed by atoms with van der Waals surface area (Å²) in [7, 11) is 0. The van der Waals surface area contributed by atoms with Crippen molar-refractivity contribution in [1.29, 1.82) is 0 Å². The van der Waals surface area contributed by atoms with Crippen molar-refractivity contribution in [2.24, 2.45) is 0 Å². The molecule has 0 spiro atoms. The summed E-state index contributed by atoms with van der Waals surface area (Å²) in [5.74, 6) is -2.90. The molecular weight excluding hydrogens is 252 g/mol. The molecule has 1 saturated carbocycles. The van der Waals surface area contributed by atoms with Crippen LogP contribution in [-0.4, -0.2) is 22.2 Å². The predicted molar refractivity (Wildman–Crippen MR) is 67.6 cm³/mol. The molecule has 5 heteroatoms. The summed E-state index contributed by atoms with van der Waals surface area (Å²) in [6.45, 7) is 5.33. The minimum Gasteiger partial charge on any atom is -0.443 e. The average Bonchev–Trinajstić information content (AvgIpc) is 2.80. The number of hydrogen-bond acceptors (Lipinski definition) is 2. The summed E-state index contributed by atoms with van der Waals surface area (Å²) in [4.78, 5) is 12.0. The number of rotatable bonds is 1. The number of carbonyl (C=O) groups is 1. The van der Waals surface area contributed by atoms with E-state index in [9.17, 15) is 13.6 Å². The Bertz CT molecular complexity index is 474. The highest BCUT2D eigenvalue weighted by molar-refractivity contribution is 5.72. The Morgan fingerprint density at radius 2 is 2.16 bits per heavy atom. The summed E-state index contributed by atoms with van der Waals surface area (Å²) < 4.78 is 33.1. The number of aromatic nitrogens is 1. The first kappa shape index (κ1) is 14.0. The van der Waals surface area contributed by atoms with Crippen LogP contribution in [0.15, 0.2) is 18.3 Å². The van der Waals surface area contributed by atoms with Crippen molar-refractivity contribution in [2.75, 3.05) is 0 Å². The maximum atomic E-state index is 13.3. The van der Waals surface area contributed by atoms with Gasteiger partial charge < -0.3 is 4.74 Å². The van der Waals surface area contributed by atoms with Crippen molar-refractivity contribution in [3.63, 3.8) is 0 Å². The Morgan fingerprint density at radius 3 is 2.68 bits per heavy atom. The fourth-order valence-corrected chi connectivity index (χ4v) is 2.41. The Balaban J connectivity index is 2.17. The lowest BCUT2D eigenvalue weighted by molar-refractivity contribution is 0.00737. The summed E-state index contributed by atoms with van der Waals surface area (Å²) >= 11 is 0. The van der Waals surface area contributed by atoms with Crippen LogP contribution in [0.3, 0.4) is 0 Å². The van der Waals surface area contributed by atoms with E-state index in [4.69, 9.17) is 4.74 Å². The zero-order valence-corrected chi connectivity index (χ0v) is 11.5. The summed E-state index contributed by atoms with van der Waals surface area (Å²) in [6, 6.07) is 3.41. The highest BCUT2D eigenvalue weighted by Crippen LogP contribution is 2.44. The SMILES string of the molecule is CC(C)(C)OC(=O)n1cccc1C1CCC(F)(F)C1. The van der Waals surface area contributed by atoms with Crippen molar-refractivity contribution < 1.29 is 18.3 Å². The Labute approximate surface area is 111 Å². The normalized spacial score (nSPS) is 22.5. The summed E-state index contributed by atoms with van der Waals surface area (Å²) in [5, 5.41) is 0. The number of alkyl halides is 2. The molecular formula is C14H19F2NO2. The van der Waals surface area contributed by atoms with Crippen molar-refractivity contribution in [3.8, 4) is 0 Å². The van der Waals surface area contributed by atoms with Gasteiger partial charge in [0.2, 0.25) is 5.92 Å². The van der Waals surface area contributed by atoms with E-state index in [1.54, 1.807) is 39.1 Å². The van der Waals surface area contributed by atoms with E-state index in [1.165, 1.54) is 4.57 Å². The highest BCUT2D eigenvalue weighted by atomic mass is 19.3. The quantitative estimate of drug-likeness (QED) is 0.767. The Morgan fingerprint density at radius 1 is 1.47 bits per heavy atom. The first-order valence-corrected chi connectivity index (χ1v) is 6.46. The van der Waals surface area contributed by atoms with Crippen LogP contribution in [0, 0.1) is 0 Å². The third-order valence-corrected chi connectivity index (χ3v) is 3.19. The molecule has 19 heavy (non-hydrogen) atoms. The van der Waals surface area contributed by atoms with Gasteiger partial charge in [-0.1, -0.05) is 0 Å². The van der Waals surface area contributed by atoms with Gasteiger partial charge in [-0.2, -0.15) is 0 Å². The second kappa shape index (κ2) is 4.62. The van der Waals surface area contributed by atoms with Crippen LogP contribution in [0.25, 0.3) is 0 Å². The van der Waals surface area contributed by atoms with E-state index in [0.29, 0.717) is 12.1 Å². The Hall–Kier alpha value is -1.39. The number of halogens is 2. The highest BCUT2D eigenvalue weighted by Gasteiger charge is 2.41. The molecule has 1 aromatic heterocycles. The van der Waals surface area contributed by atoms with E-state index in [2.05, 4.69) is 0 Å². The van der Waals surface area contributed by atoms with Crippen molar-refractivity contribution >= 4 is 6.09 Å². The lowest BCUT2D eigenvalue weighted by Gasteiger charge is -2.21. The first-order chi connectivity index (χ1) is 8.68. The fourth-order valence-electron chi connectivity index (χ4n) is 2.41. The van der Waals surface area contributed by atoms with E-state index in [0.717, 1.165) is 0 Å². The van der Waals surface area contributed by atoms with Crippen LogP contribution in [0.5, 0.6) is 0 Å². The molecule has 0 saturated heterocycles. The van der Waals surface area contributed by atoms with E-state index in [1.807, 2.05) is 0 Å². The molecule has 1 aromatic rings. The van der Waals surface area contributed by atoms with Crippen LogP contribution >= 0.6 is 0 Å². The third kappa shape index (κ3) is 3.33. The maximum absolute atomic E-state index is 13.3. The summed E-state index contributed by atoms with van der Waals surface area (Å²) in [6.07, 6.45) is 1.15. The number of ether oxygens (including phenoxy) is 1. The van der Waals surface area contributed by atoms with Gasteiger partial charge >= 0.3 is 6.09 Å². The number of hydrogen-bond donors (Lipinski definition) is 0. The largest absolute Gasteiger partial charge is 0.443 e. The molecule has 0 bridgehead atoms. The van der Waals surface area contributed by atoms with Crippen LogP contribution in [0.2, 0.25) is 0 Å². The monoisotopic (exact) mass is 271 g/mol. The molecule has 106 valence electrons. The lowest BCUT2D eigenvalue weighted by Crippen LogP contribution is -2.28. The van der Waals surface area contributed by atoms with Crippen LogP contribution in [-0.2, 0) is 4.74 Å². The first-order valence-electron chi connectivity index (χ1n) is 6.46. The summed E-state index contributed by atoms with van der Waals surface area (Å²) in [5.41, 5.74) is 0.0181. The molecule has 0 aliphatic heterocycles. The molecule has 1 aliphatic carbocycles. The van der Waals surface area contributed by atoms with E-state index in [-0.39, 0.29) is 18.8 Å². The van der Waals surface area contributed by atoms with E-state index >= 15 is 0 Å². The molecule has 0 N–H and O–H groups in total. The van der Waals surface area contributed by atoms with Crippen LogP contribution in [0.1, 0.15) is 51.6 Å². The Kier molecular flexibility index (Phi) is 3.41. The van der Waals surface area contributed by atoms with Gasteiger partial charge in [-0.25, -0.2) is 13.6 Å². The van der Waals surface area contributed by atoms with Crippen molar-refractivity contribution in [1.82, 2.24) is 4.57 Å². The molecule has 0 amide bonds. The molecule has 1 atom stereocenters. The van der Waals surface area contributed by atoms with Gasteiger partial charge in [0.25, 0.3) is 0 Å². The second-order valence-electron chi connectivity index (χ2n) is 6.08. The predicted octanol–water partition coefficient (Wildman–Crippen LogP) is 4.17. The molecule has 1 aliphatic rings. The standard InChI is InChI=1S/C14H19F2NO2/c1-13(2,3)19-12(18)17-8-4-5-11(17)10-6-7-14(15,16)9-10/h4-5,8,10H,6-7,9H2,1-3H3. The maximum Gasteiger partial charge on any atom is 0.418 e. The third-order valence-electron chi connectivity index (χ3n) is 3.19. The van der Waals surface area contributed by atoms with Crippen LogP contribution in [0.4, 0.5) is 13.6 Å². The number of carbonyl (C=O) groups excluding carboxylic acids is 1. The zero-order chi connectivity index (χ0) is 14.3. The minimum atomic E-state index is -2.62. The van der Waals surface area contributed by atoms with Crippen molar-refractivity contribution in [3.05, 3.63) is 24.0 Å². The molecule has 3 nitrogen and oxygen atoms in total. The van der Waals surface area contributed by atoms with Gasteiger partial charge in [0.05, 0.1) is 0 Å².